The molecule has 3 atom stereocenters. The van der Waals surface area contributed by atoms with Gasteiger partial charge >= 0.3 is 6.03 Å². The van der Waals surface area contributed by atoms with Crippen molar-refractivity contribution in [3.63, 3.8) is 0 Å². The lowest BCUT2D eigenvalue weighted by molar-refractivity contribution is 0.234. The van der Waals surface area contributed by atoms with Gasteiger partial charge in [0.1, 0.15) is 11.6 Å². The largest absolute Gasteiger partial charge is 0.497 e. The summed E-state index contributed by atoms with van der Waals surface area (Å²) in [6.07, 6.45) is 7.24. The molecule has 210 valence electrons. The summed E-state index contributed by atoms with van der Waals surface area (Å²) in [6.45, 7) is 2.71. The van der Waals surface area contributed by atoms with Crippen molar-refractivity contribution in [1.82, 2.24) is 16.1 Å². The molecule has 0 saturated heterocycles. The van der Waals surface area contributed by atoms with Gasteiger partial charge in [-0.2, -0.15) is 0 Å². The third-order valence-electron chi connectivity index (χ3n) is 8.43. The maximum atomic E-state index is 13.5. The van der Waals surface area contributed by atoms with Crippen LogP contribution in [-0.4, -0.2) is 13.1 Å². The Hall–Kier alpha value is -4.52. The van der Waals surface area contributed by atoms with Crippen LogP contribution in [0.3, 0.4) is 0 Å². The van der Waals surface area contributed by atoms with Crippen molar-refractivity contribution >= 4 is 11.7 Å². The van der Waals surface area contributed by atoms with Crippen LogP contribution >= 0.6 is 0 Å². The predicted molar refractivity (Wildman–Crippen MR) is 159 cm³/mol. The molecule has 1 aliphatic heterocycles. The van der Waals surface area contributed by atoms with Crippen molar-refractivity contribution in [2.75, 3.05) is 12.1 Å². The monoisotopic (exact) mass is 550 g/mol. The van der Waals surface area contributed by atoms with Crippen molar-refractivity contribution in [1.29, 1.82) is 0 Å². The molecule has 1 unspecified atom stereocenters. The second-order valence-electron chi connectivity index (χ2n) is 10.9. The number of anilines is 1. The van der Waals surface area contributed by atoms with Gasteiger partial charge in [-0.15, -0.1) is 0 Å². The van der Waals surface area contributed by atoms with Crippen molar-refractivity contribution in [3.8, 4) is 5.75 Å². The molecule has 0 radical (unpaired) electrons. The molecular formula is C34H35FN4O2. The van der Waals surface area contributed by atoms with E-state index in [-0.39, 0.29) is 23.8 Å². The molecule has 6 rings (SSSR count). The van der Waals surface area contributed by atoms with E-state index in [1.165, 1.54) is 28.9 Å². The van der Waals surface area contributed by atoms with Crippen molar-refractivity contribution < 1.29 is 13.9 Å². The number of nitrogens with zero attached hydrogens (tertiary/aromatic N) is 1. The number of benzene rings is 3. The normalized spacial score (nSPS) is 19.9. The number of urea groups is 1. The Kier molecular flexibility index (Phi) is 7.51. The Morgan fingerprint density at radius 2 is 1.83 bits per heavy atom. The summed E-state index contributed by atoms with van der Waals surface area (Å²) in [5, 5.41) is 8.32. The van der Waals surface area contributed by atoms with Gasteiger partial charge in [0.2, 0.25) is 0 Å². The number of hydrogen-bond acceptors (Lipinski definition) is 4. The molecule has 41 heavy (non-hydrogen) atoms. The Morgan fingerprint density at radius 3 is 2.56 bits per heavy atom. The zero-order valence-corrected chi connectivity index (χ0v) is 23.4. The van der Waals surface area contributed by atoms with Crippen LogP contribution in [0.5, 0.6) is 5.75 Å². The van der Waals surface area contributed by atoms with E-state index in [0.717, 1.165) is 47.5 Å². The molecule has 6 nitrogen and oxygen atoms in total. The van der Waals surface area contributed by atoms with Crippen molar-refractivity contribution in [2.45, 2.75) is 38.8 Å². The van der Waals surface area contributed by atoms with E-state index in [0.29, 0.717) is 12.5 Å². The quantitative estimate of drug-likeness (QED) is 0.285. The molecule has 0 bridgehead atoms. The number of fused-ring (bicyclic) bond motifs is 1. The summed E-state index contributed by atoms with van der Waals surface area (Å²) in [5.74, 6) is 1.15. The number of hydrogen-bond donors (Lipinski definition) is 3. The Labute approximate surface area is 240 Å². The maximum absolute atomic E-state index is 13.5. The predicted octanol–water partition coefficient (Wildman–Crippen LogP) is 6.91. The average Bonchev–Trinajstić information content (AvgIpc) is 3.62. The molecule has 2 amide bonds. The molecule has 7 heteroatoms. The summed E-state index contributed by atoms with van der Waals surface area (Å²) in [5.41, 5.74) is 11.6. The van der Waals surface area contributed by atoms with Crippen LogP contribution in [0.15, 0.2) is 114 Å². The highest BCUT2D eigenvalue weighted by atomic mass is 19.1. The lowest BCUT2D eigenvalue weighted by Gasteiger charge is -2.31. The Balaban J connectivity index is 1.18. The van der Waals surface area contributed by atoms with Gasteiger partial charge in [-0.3, -0.25) is 5.01 Å². The number of ether oxygens (including phenoxy) is 1. The van der Waals surface area contributed by atoms with Crippen LogP contribution in [-0.2, 0) is 6.54 Å². The first-order valence-corrected chi connectivity index (χ1v) is 14.2. The minimum absolute atomic E-state index is 0.118. The summed E-state index contributed by atoms with van der Waals surface area (Å²) < 4.78 is 18.8. The van der Waals surface area contributed by atoms with E-state index in [2.05, 4.69) is 47.4 Å². The van der Waals surface area contributed by atoms with Crippen LogP contribution in [0.1, 0.15) is 43.4 Å². The van der Waals surface area contributed by atoms with E-state index in [1.54, 1.807) is 19.2 Å². The highest BCUT2D eigenvalue weighted by Crippen LogP contribution is 2.49. The number of methoxy groups -OCH3 is 1. The highest BCUT2D eigenvalue weighted by molar-refractivity contribution is 5.74. The molecule has 0 aromatic heterocycles. The second-order valence-corrected chi connectivity index (χ2v) is 10.9. The van der Waals surface area contributed by atoms with E-state index in [9.17, 15) is 9.18 Å². The second kappa shape index (κ2) is 11.5. The van der Waals surface area contributed by atoms with Crippen LogP contribution in [0.25, 0.3) is 0 Å². The lowest BCUT2D eigenvalue weighted by atomic mass is 9.78. The van der Waals surface area contributed by atoms with Crippen molar-refractivity contribution in [3.05, 3.63) is 130 Å². The topological polar surface area (TPSA) is 65.6 Å². The summed E-state index contributed by atoms with van der Waals surface area (Å²) in [7, 11) is 1.64. The number of nitrogens with one attached hydrogen (secondary N) is 3. The molecule has 0 saturated carbocycles. The molecule has 0 fully saturated rings. The number of rotatable bonds is 8. The summed E-state index contributed by atoms with van der Waals surface area (Å²) >= 11 is 0. The summed E-state index contributed by atoms with van der Waals surface area (Å²) in [4.78, 5) is 13.1. The van der Waals surface area contributed by atoms with Crippen LogP contribution in [0.2, 0.25) is 0 Å². The minimum atomic E-state index is -0.244. The third-order valence-corrected chi connectivity index (χ3v) is 8.43. The molecule has 1 heterocycles. The first kappa shape index (κ1) is 26.7. The van der Waals surface area contributed by atoms with Gasteiger partial charge < -0.3 is 20.8 Å². The molecule has 3 N–H and O–H groups in total. The fraction of sp³-hybridized carbons (Fsp3) is 0.265. The number of carbonyl (C=O) groups excluding carboxylic acids is 1. The first-order valence-electron chi connectivity index (χ1n) is 14.2. The third kappa shape index (κ3) is 5.57. The molecule has 0 spiro atoms. The molecule has 3 aromatic carbocycles. The zero-order valence-electron chi connectivity index (χ0n) is 23.4. The van der Waals surface area contributed by atoms with Gasteiger partial charge in [-0.1, -0.05) is 55.0 Å². The van der Waals surface area contributed by atoms with E-state index < -0.39 is 0 Å². The highest BCUT2D eigenvalue weighted by Gasteiger charge is 2.39. The fourth-order valence-corrected chi connectivity index (χ4v) is 6.34. The van der Waals surface area contributed by atoms with Crippen molar-refractivity contribution in [2.24, 2.45) is 11.8 Å². The van der Waals surface area contributed by atoms with Gasteiger partial charge in [-0.25, -0.2) is 9.18 Å². The van der Waals surface area contributed by atoms with Crippen LogP contribution in [0.4, 0.5) is 14.9 Å². The SMILES string of the molecule is COc1ccc(CNC(=O)NC(C[C@H]2CCC3=C2[C@@H](C)C2=CNN(c4ccc(F)cc4)C2=C3)c2ccccc2)cc1. The Bertz CT molecular complexity index is 1500. The lowest BCUT2D eigenvalue weighted by Crippen LogP contribution is -2.38. The van der Waals surface area contributed by atoms with Crippen LogP contribution in [0, 0.1) is 17.7 Å². The molecule has 3 aromatic rings. The van der Waals surface area contributed by atoms with Crippen LogP contribution < -0.4 is 25.8 Å². The minimum Gasteiger partial charge on any atom is -0.497 e. The maximum Gasteiger partial charge on any atom is 0.315 e. The van der Waals surface area contributed by atoms with E-state index in [4.69, 9.17) is 4.74 Å². The van der Waals surface area contributed by atoms with Gasteiger partial charge in [0.05, 0.1) is 24.5 Å². The van der Waals surface area contributed by atoms with E-state index >= 15 is 0 Å². The molecule has 2 aliphatic carbocycles. The van der Waals surface area contributed by atoms with Gasteiger partial charge in [0.15, 0.2) is 0 Å². The Morgan fingerprint density at radius 1 is 1.07 bits per heavy atom. The first-order chi connectivity index (χ1) is 20.0. The van der Waals surface area contributed by atoms with E-state index in [1.807, 2.05) is 47.5 Å². The smallest absolute Gasteiger partial charge is 0.315 e. The van der Waals surface area contributed by atoms with Gasteiger partial charge in [-0.05, 0) is 84.4 Å². The number of halogens is 1. The number of amides is 2. The molecular weight excluding hydrogens is 515 g/mol. The zero-order chi connectivity index (χ0) is 28.3. The average molecular weight is 551 g/mol. The number of carbonyl (C=O) groups is 1. The standard InChI is InChI=1S/C34H35FN4O2/c1-22-30-21-37-39(28-14-12-27(35)13-15-28)32(30)19-26-11-10-25(33(22)26)18-31(24-6-4-3-5-7-24)38-34(40)36-20-23-8-16-29(41-2)17-9-23/h3-9,12-17,19,21-22,25,31,37H,10-11,18,20H2,1-2H3,(H2,36,38,40)/t22-,25+,31?/m0/s1. The molecule has 3 aliphatic rings. The number of allylic oxidation sites excluding steroid dienone is 4. The number of hydrazine groups is 1. The van der Waals surface area contributed by atoms with Gasteiger partial charge in [0, 0.05) is 24.2 Å². The summed E-state index contributed by atoms with van der Waals surface area (Å²) in [6, 6.07) is 24.2. The fourth-order valence-electron chi connectivity index (χ4n) is 6.34. The van der Waals surface area contributed by atoms with Gasteiger partial charge in [0.25, 0.3) is 0 Å².